The van der Waals surface area contributed by atoms with E-state index in [9.17, 15) is 9.59 Å². The molecule has 0 bridgehead atoms. The average molecular weight is 197 g/mol. The fourth-order valence-electron chi connectivity index (χ4n) is 1.26. The molecule has 2 amide bonds. The van der Waals surface area contributed by atoms with E-state index in [1.807, 2.05) is 0 Å². The number of fused-ring (bicyclic) bond motifs is 1. The molecule has 2 rings (SSSR count). The molecule has 0 aromatic heterocycles. The van der Waals surface area contributed by atoms with Gasteiger partial charge in [0, 0.05) is 0 Å². The lowest BCUT2D eigenvalue weighted by Crippen LogP contribution is -2.20. The molecule has 0 saturated carbocycles. The van der Waals surface area contributed by atoms with Crippen LogP contribution in [-0.4, -0.2) is 11.8 Å². The lowest BCUT2D eigenvalue weighted by Gasteiger charge is -2.00. The smallest absolute Gasteiger partial charge is 0.261 e. The van der Waals surface area contributed by atoms with Gasteiger partial charge >= 0.3 is 0 Å². The first-order valence-electron chi connectivity index (χ1n) is 3.55. The summed E-state index contributed by atoms with van der Waals surface area (Å²) in [6, 6.07) is 2.97. The summed E-state index contributed by atoms with van der Waals surface area (Å²) in [5.74, 6) is -0.914. The van der Waals surface area contributed by atoms with Crippen LogP contribution in [0.5, 0.6) is 0 Å². The lowest BCUT2D eigenvalue weighted by molar-refractivity contribution is 0.0880. The van der Waals surface area contributed by atoms with Crippen molar-refractivity contribution in [2.75, 3.05) is 5.73 Å². The van der Waals surface area contributed by atoms with Crippen LogP contribution >= 0.6 is 11.6 Å². The van der Waals surface area contributed by atoms with Crippen LogP contribution in [0.4, 0.5) is 5.69 Å². The molecule has 4 nitrogen and oxygen atoms in total. The Morgan fingerprint density at radius 1 is 1.23 bits per heavy atom. The molecule has 3 N–H and O–H groups in total. The summed E-state index contributed by atoms with van der Waals surface area (Å²) in [5, 5.41) is 2.41. The number of rotatable bonds is 0. The van der Waals surface area contributed by atoms with Crippen molar-refractivity contribution in [3.8, 4) is 0 Å². The van der Waals surface area contributed by atoms with Gasteiger partial charge in [0.25, 0.3) is 11.8 Å². The number of nitrogens with one attached hydrogen (secondary N) is 1. The number of carbonyl (C=O) groups is 2. The van der Waals surface area contributed by atoms with Crippen LogP contribution in [-0.2, 0) is 0 Å². The Bertz CT molecular complexity index is 428. The van der Waals surface area contributed by atoms with E-state index >= 15 is 0 Å². The second-order valence-electron chi connectivity index (χ2n) is 2.67. The van der Waals surface area contributed by atoms with Gasteiger partial charge in [0.2, 0.25) is 0 Å². The number of anilines is 1. The van der Waals surface area contributed by atoms with Gasteiger partial charge in [-0.25, -0.2) is 0 Å². The van der Waals surface area contributed by atoms with Gasteiger partial charge in [-0.1, -0.05) is 11.6 Å². The number of imide groups is 1. The molecule has 0 atom stereocenters. The number of nitrogens with two attached hydrogens (primary N) is 1. The van der Waals surface area contributed by atoms with Gasteiger partial charge < -0.3 is 5.73 Å². The molecule has 0 saturated heterocycles. The molecule has 13 heavy (non-hydrogen) atoms. The third-order valence-electron chi connectivity index (χ3n) is 1.89. The molecule has 1 aliphatic rings. The molecule has 1 aromatic carbocycles. The number of nitrogen functional groups attached to an aromatic ring is 1. The van der Waals surface area contributed by atoms with Crippen molar-refractivity contribution >= 4 is 29.1 Å². The van der Waals surface area contributed by atoms with Crippen molar-refractivity contribution in [1.82, 2.24) is 5.32 Å². The van der Waals surface area contributed by atoms with Gasteiger partial charge in [0.05, 0.1) is 21.8 Å². The van der Waals surface area contributed by atoms with E-state index in [-0.39, 0.29) is 21.8 Å². The zero-order valence-electron chi connectivity index (χ0n) is 6.43. The molecule has 0 aliphatic carbocycles. The number of halogens is 1. The molecule has 1 aromatic rings. The normalized spacial score (nSPS) is 14.2. The fraction of sp³-hybridized carbons (Fsp3) is 0. The van der Waals surface area contributed by atoms with E-state index in [1.54, 1.807) is 0 Å². The van der Waals surface area contributed by atoms with E-state index < -0.39 is 11.8 Å². The summed E-state index contributed by atoms with van der Waals surface area (Å²) >= 11 is 5.69. The van der Waals surface area contributed by atoms with E-state index in [0.717, 1.165) is 0 Å². The summed E-state index contributed by atoms with van der Waals surface area (Å²) in [4.78, 5) is 22.3. The van der Waals surface area contributed by atoms with E-state index in [4.69, 9.17) is 17.3 Å². The highest BCUT2D eigenvalue weighted by Gasteiger charge is 2.29. The summed E-state index contributed by atoms with van der Waals surface area (Å²) in [7, 11) is 0. The standard InChI is InChI=1S/C8H5ClN2O2/c9-4-2-1-3-5(6(4)10)8(13)11-7(3)12/h1-2H,10H2,(H,11,12,13). The van der Waals surface area contributed by atoms with Crippen LogP contribution in [0.3, 0.4) is 0 Å². The third kappa shape index (κ3) is 0.990. The maximum atomic E-state index is 11.2. The van der Waals surface area contributed by atoms with E-state index in [1.165, 1.54) is 12.1 Å². The summed E-state index contributed by atoms with van der Waals surface area (Å²) < 4.78 is 0. The quantitative estimate of drug-likeness (QED) is 0.476. The van der Waals surface area contributed by atoms with Crippen LogP contribution < -0.4 is 11.1 Å². The zero-order valence-corrected chi connectivity index (χ0v) is 7.18. The zero-order chi connectivity index (χ0) is 9.59. The molecule has 5 heteroatoms. The van der Waals surface area contributed by atoms with Gasteiger partial charge in [-0.15, -0.1) is 0 Å². The van der Waals surface area contributed by atoms with Crippen LogP contribution in [0.1, 0.15) is 20.7 Å². The summed E-state index contributed by atoms with van der Waals surface area (Å²) in [6.07, 6.45) is 0. The minimum Gasteiger partial charge on any atom is -0.397 e. The Kier molecular flexibility index (Phi) is 1.53. The molecular formula is C8H5ClN2O2. The Morgan fingerprint density at radius 2 is 1.92 bits per heavy atom. The first-order chi connectivity index (χ1) is 6.11. The highest BCUT2D eigenvalue weighted by molar-refractivity contribution is 6.35. The van der Waals surface area contributed by atoms with Gasteiger partial charge in [-0.3, -0.25) is 14.9 Å². The molecule has 66 valence electrons. The van der Waals surface area contributed by atoms with Crippen LogP contribution in [0.25, 0.3) is 0 Å². The van der Waals surface area contributed by atoms with Crippen LogP contribution in [0.15, 0.2) is 12.1 Å². The number of amides is 2. The molecule has 0 radical (unpaired) electrons. The number of carbonyl (C=O) groups excluding carboxylic acids is 2. The summed E-state index contributed by atoms with van der Waals surface area (Å²) in [6.45, 7) is 0. The van der Waals surface area contributed by atoms with Crippen molar-refractivity contribution in [2.24, 2.45) is 0 Å². The van der Waals surface area contributed by atoms with Gasteiger partial charge in [-0.05, 0) is 12.1 Å². The van der Waals surface area contributed by atoms with Gasteiger partial charge in [-0.2, -0.15) is 0 Å². The topological polar surface area (TPSA) is 72.2 Å². The Labute approximate surface area is 78.7 Å². The van der Waals surface area contributed by atoms with Crippen LogP contribution in [0, 0.1) is 0 Å². The molecule has 1 heterocycles. The van der Waals surface area contributed by atoms with Crippen molar-refractivity contribution < 1.29 is 9.59 Å². The largest absolute Gasteiger partial charge is 0.397 e. The highest BCUT2D eigenvalue weighted by atomic mass is 35.5. The second-order valence-corrected chi connectivity index (χ2v) is 3.07. The maximum absolute atomic E-state index is 11.2. The molecular weight excluding hydrogens is 192 g/mol. The van der Waals surface area contributed by atoms with Gasteiger partial charge in [0.1, 0.15) is 0 Å². The minimum absolute atomic E-state index is 0.155. The summed E-state index contributed by atoms with van der Waals surface area (Å²) in [5.41, 5.74) is 6.16. The second kappa shape index (κ2) is 2.47. The fourth-order valence-corrected chi connectivity index (χ4v) is 1.42. The first-order valence-corrected chi connectivity index (χ1v) is 3.92. The first kappa shape index (κ1) is 8.07. The minimum atomic E-state index is -0.486. The molecule has 1 aliphatic heterocycles. The molecule has 0 unspecified atom stereocenters. The Balaban J connectivity index is 2.78. The van der Waals surface area contributed by atoms with Crippen molar-refractivity contribution in [1.29, 1.82) is 0 Å². The average Bonchev–Trinajstić information content (AvgIpc) is 2.35. The number of hydrogen-bond acceptors (Lipinski definition) is 3. The Morgan fingerprint density at radius 3 is 2.62 bits per heavy atom. The van der Waals surface area contributed by atoms with Crippen molar-refractivity contribution in [3.05, 3.63) is 28.3 Å². The Hall–Kier alpha value is -1.55. The van der Waals surface area contributed by atoms with Gasteiger partial charge in [0.15, 0.2) is 0 Å². The van der Waals surface area contributed by atoms with Crippen molar-refractivity contribution in [2.45, 2.75) is 0 Å². The maximum Gasteiger partial charge on any atom is 0.261 e. The molecule has 0 fully saturated rings. The third-order valence-corrected chi connectivity index (χ3v) is 2.22. The van der Waals surface area contributed by atoms with E-state index in [0.29, 0.717) is 0 Å². The lowest BCUT2D eigenvalue weighted by atomic mass is 10.1. The highest BCUT2D eigenvalue weighted by Crippen LogP contribution is 2.28. The van der Waals surface area contributed by atoms with E-state index in [2.05, 4.69) is 5.32 Å². The van der Waals surface area contributed by atoms with Crippen molar-refractivity contribution in [3.63, 3.8) is 0 Å². The molecule has 0 spiro atoms. The number of hydrogen-bond donors (Lipinski definition) is 2. The predicted octanol–water partition coefficient (Wildman–Crippen LogP) is 0.806. The number of benzene rings is 1. The predicted molar refractivity (Wildman–Crippen MR) is 47.7 cm³/mol. The van der Waals surface area contributed by atoms with Crippen LogP contribution in [0.2, 0.25) is 5.02 Å². The SMILES string of the molecule is Nc1c(Cl)ccc2c1C(=O)NC2=O. The monoisotopic (exact) mass is 196 g/mol.